The Balaban J connectivity index is 1.91. The maximum atomic E-state index is 12.7. The number of nitrogens with one attached hydrogen (secondary N) is 1. The third kappa shape index (κ3) is 3.55. The first kappa shape index (κ1) is 17.9. The maximum Gasteiger partial charge on any atom is 0.331 e. The molecule has 1 aliphatic heterocycles. The van der Waals surface area contributed by atoms with E-state index in [1.807, 2.05) is 25.1 Å². The molecule has 1 N–H and O–H groups in total. The Kier molecular flexibility index (Phi) is 4.94. The van der Waals surface area contributed by atoms with Crippen molar-refractivity contribution in [3.05, 3.63) is 58.0 Å². The van der Waals surface area contributed by atoms with Gasteiger partial charge < -0.3 is 9.32 Å². The maximum absolute atomic E-state index is 12.7. The van der Waals surface area contributed by atoms with E-state index in [1.54, 1.807) is 24.3 Å². The van der Waals surface area contributed by atoms with Gasteiger partial charge in [-0.3, -0.25) is 19.8 Å². The summed E-state index contributed by atoms with van der Waals surface area (Å²) in [7, 11) is 3.82. The molecule has 0 aliphatic carbocycles. The van der Waals surface area contributed by atoms with Gasteiger partial charge in [-0.05, 0) is 51.8 Å². The Morgan fingerprint density at radius 1 is 1.23 bits per heavy atom. The van der Waals surface area contributed by atoms with Crippen LogP contribution < -0.4 is 10.2 Å². The Morgan fingerprint density at radius 2 is 2.00 bits per heavy atom. The zero-order valence-electron chi connectivity index (χ0n) is 14.2. The minimum Gasteiger partial charge on any atom is -0.467 e. The fourth-order valence-electron chi connectivity index (χ4n) is 2.54. The van der Waals surface area contributed by atoms with Crippen LogP contribution in [-0.4, -0.2) is 36.8 Å². The number of barbiturate groups is 1. The molecule has 7 nitrogen and oxygen atoms in total. The van der Waals surface area contributed by atoms with Gasteiger partial charge in [0.05, 0.1) is 18.5 Å². The van der Waals surface area contributed by atoms with E-state index in [-0.39, 0.29) is 12.1 Å². The monoisotopic (exact) mass is 417 g/mol. The standard InChI is InChI=1S/C18H16BrN3O4/c1-21(2)15-6-5-11(9-14(15)19)8-13-16(23)20-18(25)22(17(13)24)10-12-4-3-7-26-12/h3-9H,10H2,1-2H3,(H,20,23,25)/b13-8+. The molecule has 0 radical (unpaired) electrons. The lowest BCUT2D eigenvalue weighted by Crippen LogP contribution is -2.53. The Labute approximate surface area is 158 Å². The summed E-state index contributed by atoms with van der Waals surface area (Å²) in [6, 6.07) is 8.01. The predicted molar refractivity (Wildman–Crippen MR) is 99.2 cm³/mol. The van der Waals surface area contributed by atoms with E-state index >= 15 is 0 Å². The number of carbonyl (C=O) groups is 3. The van der Waals surface area contributed by atoms with Crippen molar-refractivity contribution in [1.82, 2.24) is 10.2 Å². The van der Waals surface area contributed by atoms with E-state index in [0.717, 1.165) is 15.1 Å². The summed E-state index contributed by atoms with van der Waals surface area (Å²) in [6.45, 7) is -0.0501. The number of urea groups is 1. The van der Waals surface area contributed by atoms with Gasteiger partial charge in [0.1, 0.15) is 11.3 Å². The van der Waals surface area contributed by atoms with Crippen molar-refractivity contribution in [2.24, 2.45) is 0 Å². The highest BCUT2D eigenvalue weighted by atomic mass is 79.9. The predicted octanol–water partition coefficient (Wildman–Crippen LogP) is 2.77. The highest BCUT2D eigenvalue weighted by molar-refractivity contribution is 9.10. The van der Waals surface area contributed by atoms with Crippen LogP contribution in [0.3, 0.4) is 0 Å². The van der Waals surface area contributed by atoms with Crippen LogP contribution >= 0.6 is 15.9 Å². The molecule has 0 saturated carbocycles. The van der Waals surface area contributed by atoms with E-state index in [9.17, 15) is 14.4 Å². The van der Waals surface area contributed by atoms with Gasteiger partial charge in [-0.15, -0.1) is 0 Å². The number of benzene rings is 1. The molecule has 8 heteroatoms. The molecule has 0 atom stereocenters. The van der Waals surface area contributed by atoms with Crippen molar-refractivity contribution < 1.29 is 18.8 Å². The average molecular weight is 418 g/mol. The van der Waals surface area contributed by atoms with Crippen molar-refractivity contribution in [2.75, 3.05) is 19.0 Å². The fourth-order valence-corrected chi connectivity index (χ4v) is 3.29. The molecule has 2 heterocycles. The summed E-state index contributed by atoms with van der Waals surface area (Å²) in [5, 5.41) is 2.18. The summed E-state index contributed by atoms with van der Waals surface area (Å²) in [6.07, 6.45) is 2.91. The molecule has 1 aliphatic rings. The van der Waals surface area contributed by atoms with Gasteiger partial charge in [-0.1, -0.05) is 6.07 Å². The van der Waals surface area contributed by atoms with Crippen molar-refractivity contribution in [1.29, 1.82) is 0 Å². The third-order valence-corrected chi connectivity index (χ3v) is 4.48. The molecule has 0 spiro atoms. The quantitative estimate of drug-likeness (QED) is 0.610. The second-order valence-electron chi connectivity index (χ2n) is 5.89. The van der Waals surface area contributed by atoms with Crippen LogP contribution in [0.4, 0.5) is 10.5 Å². The molecule has 1 aromatic carbocycles. The number of imide groups is 2. The number of hydrogen-bond acceptors (Lipinski definition) is 5. The van der Waals surface area contributed by atoms with Gasteiger partial charge in [0.2, 0.25) is 0 Å². The van der Waals surface area contributed by atoms with E-state index in [0.29, 0.717) is 11.3 Å². The summed E-state index contributed by atoms with van der Waals surface area (Å²) in [5.41, 5.74) is 1.51. The summed E-state index contributed by atoms with van der Waals surface area (Å²) < 4.78 is 6.00. The van der Waals surface area contributed by atoms with Crippen LogP contribution in [0.1, 0.15) is 11.3 Å². The Bertz CT molecular complexity index is 903. The molecule has 2 aromatic rings. The van der Waals surface area contributed by atoms with E-state index < -0.39 is 17.8 Å². The topological polar surface area (TPSA) is 82.9 Å². The molecule has 0 unspecified atom stereocenters. The first-order chi connectivity index (χ1) is 12.4. The van der Waals surface area contributed by atoms with Crippen molar-refractivity contribution >= 4 is 45.5 Å². The van der Waals surface area contributed by atoms with Gasteiger partial charge >= 0.3 is 6.03 Å². The zero-order valence-corrected chi connectivity index (χ0v) is 15.7. The Morgan fingerprint density at radius 3 is 2.62 bits per heavy atom. The molecule has 0 bridgehead atoms. The SMILES string of the molecule is CN(C)c1ccc(/C=C2\C(=O)NC(=O)N(Cc3ccco3)C2=O)cc1Br. The van der Waals surface area contributed by atoms with Crippen molar-refractivity contribution in [3.8, 4) is 0 Å². The van der Waals surface area contributed by atoms with E-state index in [4.69, 9.17) is 4.42 Å². The highest BCUT2D eigenvalue weighted by Crippen LogP contribution is 2.27. The summed E-state index contributed by atoms with van der Waals surface area (Å²) in [4.78, 5) is 39.7. The van der Waals surface area contributed by atoms with Crippen molar-refractivity contribution in [2.45, 2.75) is 6.54 Å². The first-order valence-electron chi connectivity index (χ1n) is 7.75. The molecular weight excluding hydrogens is 402 g/mol. The number of nitrogens with zero attached hydrogens (tertiary/aromatic N) is 2. The summed E-state index contributed by atoms with van der Waals surface area (Å²) >= 11 is 3.47. The lowest BCUT2D eigenvalue weighted by molar-refractivity contribution is -0.130. The second kappa shape index (κ2) is 7.17. The second-order valence-corrected chi connectivity index (χ2v) is 6.75. The molecule has 26 heavy (non-hydrogen) atoms. The molecule has 1 saturated heterocycles. The summed E-state index contributed by atoms with van der Waals surface area (Å²) in [5.74, 6) is -0.938. The smallest absolute Gasteiger partial charge is 0.331 e. The zero-order chi connectivity index (χ0) is 18.8. The number of carbonyl (C=O) groups excluding carboxylic acids is 3. The van der Waals surface area contributed by atoms with Crippen LogP contribution in [0.2, 0.25) is 0 Å². The van der Waals surface area contributed by atoms with Crippen LogP contribution in [0.5, 0.6) is 0 Å². The van der Waals surface area contributed by atoms with Gasteiger partial charge in [0.25, 0.3) is 11.8 Å². The van der Waals surface area contributed by atoms with Crippen LogP contribution in [0, 0.1) is 0 Å². The number of furan rings is 1. The van der Waals surface area contributed by atoms with Crippen LogP contribution in [0.25, 0.3) is 6.08 Å². The lowest BCUT2D eigenvalue weighted by Gasteiger charge is -2.25. The first-order valence-corrected chi connectivity index (χ1v) is 8.54. The normalized spacial score (nSPS) is 16.2. The molecule has 1 fully saturated rings. The Hall–Kier alpha value is -2.87. The third-order valence-electron chi connectivity index (χ3n) is 3.84. The number of hydrogen-bond donors (Lipinski definition) is 1. The van der Waals surface area contributed by atoms with Crippen LogP contribution in [-0.2, 0) is 16.1 Å². The van der Waals surface area contributed by atoms with Gasteiger partial charge in [-0.25, -0.2) is 4.79 Å². The molecule has 134 valence electrons. The minimum absolute atomic E-state index is 0.0501. The van der Waals surface area contributed by atoms with Gasteiger partial charge in [0, 0.05) is 18.6 Å². The van der Waals surface area contributed by atoms with Gasteiger partial charge in [-0.2, -0.15) is 0 Å². The molecule has 3 rings (SSSR count). The van der Waals surface area contributed by atoms with E-state index in [1.165, 1.54) is 12.3 Å². The number of amides is 4. The average Bonchev–Trinajstić information content (AvgIpc) is 3.08. The van der Waals surface area contributed by atoms with Crippen LogP contribution in [0.15, 0.2) is 51.1 Å². The molecular formula is C18H16BrN3O4. The lowest BCUT2D eigenvalue weighted by atomic mass is 10.1. The van der Waals surface area contributed by atoms with Crippen molar-refractivity contribution in [3.63, 3.8) is 0 Å². The fraction of sp³-hybridized carbons (Fsp3) is 0.167. The largest absolute Gasteiger partial charge is 0.467 e. The number of rotatable bonds is 4. The van der Waals surface area contributed by atoms with E-state index in [2.05, 4.69) is 21.2 Å². The minimum atomic E-state index is -0.766. The highest BCUT2D eigenvalue weighted by Gasteiger charge is 2.36. The van der Waals surface area contributed by atoms with Gasteiger partial charge in [0.15, 0.2) is 0 Å². The molecule has 4 amide bonds. The number of halogens is 1. The number of anilines is 1. The molecule has 1 aromatic heterocycles.